The predicted octanol–water partition coefficient (Wildman–Crippen LogP) is 2.71. The lowest BCUT2D eigenvalue weighted by Crippen LogP contribution is -2.01. The van der Waals surface area contributed by atoms with E-state index in [4.69, 9.17) is 16.0 Å². The highest BCUT2D eigenvalue weighted by Crippen LogP contribution is 2.18. The van der Waals surface area contributed by atoms with Gasteiger partial charge >= 0.3 is 5.97 Å². The minimum absolute atomic E-state index is 0.162. The molecule has 0 unspecified atom stereocenters. The summed E-state index contributed by atoms with van der Waals surface area (Å²) in [6.45, 7) is 0. The van der Waals surface area contributed by atoms with Crippen molar-refractivity contribution < 1.29 is 13.9 Å². The molecule has 0 radical (unpaired) electrons. The molecule has 17 heavy (non-hydrogen) atoms. The van der Waals surface area contributed by atoms with Gasteiger partial charge in [0.2, 0.25) is 0 Å². The summed E-state index contributed by atoms with van der Waals surface area (Å²) in [5.41, 5.74) is 1.06. The average molecular weight is 252 g/mol. The van der Waals surface area contributed by atoms with E-state index in [2.05, 4.69) is 9.72 Å². The topological polar surface area (TPSA) is 52.3 Å². The number of benzene rings is 1. The van der Waals surface area contributed by atoms with Crippen LogP contribution in [0.5, 0.6) is 0 Å². The Morgan fingerprint density at radius 3 is 2.94 bits per heavy atom. The van der Waals surface area contributed by atoms with Crippen LogP contribution in [0, 0.1) is 0 Å². The number of hydrogen-bond donors (Lipinski definition) is 0. The first-order valence-electron chi connectivity index (χ1n) is 4.97. The molecule has 0 atom stereocenters. The summed E-state index contributed by atoms with van der Waals surface area (Å²) in [6, 6.07) is 7.40. The van der Waals surface area contributed by atoms with E-state index < -0.39 is 5.97 Å². The number of oxazole rings is 1. The summed E-state index contributed by atoms with van der Waals surface area (Å²) in [7, 11) is 1.30. The third-order valence-electron chi connectivity index (χ3n) is 2.25. The molecular formula is C12H10ClNO3. The van der Waals surface area contributed by atoms with Crippen molar-refractivity contribution in [2.75, 3.05) is 7.11 Å². The van der Waals surface area contributed by atoms with E-state index in [0.29, 0.717) is 17.3 Å². The molecule has 0 fully saturated rings. The second-order valence-electron chi connectivity index (χ2n) is 3.39. The largest absolute Gasteiger partial charge is 0.464 e. The highest BCUT2D eigenvalue weighted by Gasteiger charge is 2.13. The first-order valence-corrected chi connectivity index (χ1v) is 5.34. The Kier molecular flexibility index (Phi) is 3.44. The van der Waals surface area contributed by atoms with Gasteiger partial charge < -0.3 is 9.15 Å². The van der Waals surface area contributed by atoms with E-state index in [1.54, 1.807) is 6.07 Å². The fourth-order valence-electron chi connectivity index (χ4n) is 1.40. The fraction of sp³-hybridized carbons (Fsp3) is 0.167. The smallest absolute Gasteiger partial charge is 0.360 e. The van der Waals surface area contributed by atoms with E-state index in [9.17, 15) is 4.79 Å². The van der Waals surface area contributed by atoms with Crippen molar-refractivity contribution in [2.45, 2.75) is 6.42 Å². The third-order valence-corrected chi connectivity index (χ3v) is 2.61. The maximum Gasteiger partial charge on any atom is 0.360 e. The second kappa shape index (κ2) is 5.01. The Morgan fingerprint density at radius 1 is 1.47 bits per heavy atom. The Hall–Kier alpha value is -1.81. The number of methoxy groups -OCH3 is 1. The van der Waals surface area contributed by atoms with Crippen molar-refractivity contribution in [3.05, 3.63) is 52.7 Å². The molecule has 2 aromatic rings. The molecule has 0 spiro atoms. The van der Waals surface area contributed by atoms with Gasteiger partial charge in [-0.15, -0.1) is 0 Å². The quantitative estimate of drug-likeness (QED) is 0.787. The first kappa shape index (κ1) is 11.7. The fourth-order valence-corrected chi connectivity index (χ4v) is 1.60. The molecule has 0 amide bonds. The molecule has 0 aliphatic heterocycles. The number of carbonyl (C=O) groups excluding carboxylic acids is 1. The van der Waals surface area contributed by atoms with Gasteiger partial charge in [-0.3, -0.25) is 0 Å². The molecule has 0 aliphatic carbocycles. The third kappa shape index (κ3) is 2.65. The molecule has 1 aromatic heterocycles. The van der Waals surface area contributed by atoms with Gasteiger partial charge in [0.05, 0.1) is 13.5 Å². The summed E-state index contributed by atoms with van der Waals surface area (Å²) in [6.07, 6.45) is 1.72. The molecule has 0 N–H and O–H groups in total. The summed E-state index contributed by atoms with van der Waals surface area (Å²) in [5, 5.41) is 0.644. The number of aromatic nitrogens is 1. The van der Waals surface area contributed by atoms with Gasteiger partial charge in [-0.25, -0.2) is 9.78 Å². The van der Waals surface area contributed by atoms with E-state index in [0.717, 1.165) is 5.56 Å². The predicted molar refractivity (Wildman–Crippen MR) is 62.1 cm³/mol. The molecule has 2 rings (SSSR count). The molecule has 0 saturated carbocycles. The van der Waals surface area contributed by atoms with E-state index in [-0.39, 0.29) is 5.69 Å². The number of rotatable bonds is 3. The maximum absolute atomic E-state index is 11.2. The Morgan fingerprint density at radius 2 is 2.24 bits per heavy atom. The summed E-state index contributed by atoms with van der Waals surface area (Å²) < 4.78 is 9.71. The zero-order chi connectivity index (χ0) is 12.3. The van der Waals surface area contributed by atoms with Crippen LogP contribution < -0.4 is 0 Å². The Bertz CT molecular complexity index is 536. The summed E-state index contributed by atoms with van der Waals surface area (Å²) >= 11 is 6.01. The average Bonchev–Trinajstić information content (AvgIpc) is 2.80. The highest BCUT2D eigenvalue weighted by atomic mass is 35.5. The summed E-state index contributed by atoms with van der Waals surface area (Å²) in [5.74, 6) is -0.0855. The van der Waals surface area contributed by atoms with Gasteiger partial charge in [0.1, 0.15) is 6.26 Å². The van der Waals surface area contributed by atoms with Crippen molar-refractivity contribution in [1.82, 2.24) is 4.98 Å². The zero-order valence-corrected chi connectivity index (χ0v) is 9.90. The van der Waals surface area contributed by atoms with Crippen molar-refractivity contribution in [3.63, 3.8) is 0 Å². The minimum atomic E-state index is -0.515. The van der Waals surface area contributed by atoms with Crippen molar-refractivity contribution >= 4 is 17.6 Å². The van der Waals surface area contributed by atoms with Crippen LogP contribution in [0.25, 0.3) is 0 Å². The zero-order valence-electron chi connectivity index (χ0n) is 9.14. The normalized spacial score (nSPS) is 10.2. The molecule has 1 heterocycles. The number of nitrogens with zero attached hydrogens (tertiary/aromatic N) is 1. The van der Waals surface area contributed by atoms with Crippen LogP contribution in [0.4, 0.5) is 0 Å². The number of esters is 1. The number of halogens is 1. The lowest BCUT2D eigenvalue weighted by molar-refractivity contribution is 0.0594. The van der Waals surface area contributed by atoms with Crippen molar-refractivity contribution in [1.29, 1.82) is 0 Å². The minimum Gasteiger partial charge on any atom is -0.464 e. The molecular weight excluding hydrogens is 242 g/mol. The summed E-state index contributed by atoms with van der Waals surface area (Å²) in [4.78, 5) is 15.2. The maximum atomic E-state index is 11.2. The first-order chi connectivity index (χ1) is 8.20. The monoisotopic (exact) mass is 251 g/mol. The molecule has 5 heteroatoms. The van der Waals surface area contributed by atoms with Gasteiger partial charge in [-0.05, 0) is 11.6 Å². The standard InChI is InChI=1S/C12H10ClNO3/c1-16-12(15)10-7-17-11(14-10)6-8-4-2-3-5-9(8)13/h2-5,7H,6H2,1H3. The van der Waals surface area contributed by atoms with Crippen LogP contribution in [-0.4, -0.2) is 18.1 Å². The highest BCUT2D eigenvalue weighted by molar-refractivity contribution is 6.31. The van der Waals surface area contributed by atoms with Gasteiger partial charge in [0.25, 0.3) is 0 Å². The number of hydrogen-bond acceptors (Lipinski definition) is 4. The van der Waals surface area contributed by atoms with E-state index in [1.807, 2.05) is 18.2 Å². The lowest BCUT2D eigenvalue weighted by atomic mass is 10.1. The van der Waals surface area contributed by atoms with Gasteiger partial charge in [0, 0.05) is 5.02 Å². The van der Waals surface area contributed by atoms with Gasteiger partial charge in [-0.2, -0.15) is 0 Å². The molecule has 1 aromatic carbocycles. The molecule has 0 saturated heterocycles. The lowest BCUT2D eigenvalue weighted by Gasteiger charge is -1.99. The van der Waals surface area contributed by atoms with Crippen molar-refractivity contribution in [3.8, 4) is 0 Å². The van der Waals surface area contributed by atoms with Crippen LogP contribution in [0.3, 0.4) is 0 Å². The van der Waals surface area contributed by atoms with Crippen LogP contribution in [0.2, 0.25) is 5.02 Å². The van der Waals surface area contributed by atoms with Crippen LogP contribution in [-0.2, 0) is 11.2 Å². The van der Waals surface area contributed by atoms with Crippen molar-refractivity contribution in [2.24, 2.45) is 0 Å². The van der Waals surface area contributed by atoms with Crippen LogP contribution in [0.15, 0.2) is 34.9 Å². The van der Waals surface area contributed by atoms with Gasteiger partial charge in [-0.1, -0.05) is 29.8 Å². The SMILES string of the molecule is COC(=O)c1coc(Cc2ccccc2Cl)n1. The second-order valence-corrected chi connectivity index (χ2v) is 3.79. The number of ether oxygens (including phenoxy) is 1. The van der Waals surface area contributed by atoms with E-state index >= 15 is 0 Å². The molecule has 88 valence electrons. The number of carbonyl (C=O) groups is 1. The van der Waals surface area contributed by atoms with Gasteiger partial charge in [0.15, 0.2) is 11.6 Å². The van der Waals surface area contributed by atoms with Crippen LogP contribution >= 0.6 is 11.6 Å². The Balaban J connectivity index is 2.17. The molecule has 4 nitrogen and oxygen atoms in total. The molecule has 0 bridgehead atoms. The van der Waals surface area contributed by atoms with Crippen LogP contribution in [0.1, 0.15) is 21.9 Å². The van der Waals surface area contributed by atoms with E-state index in [1.165, 1.54) is 13.4 Å². The molecule has 0 aliphatic rings. The Labute approximate surface area is 103 Å².